The SMILES string of the molecule is [Ba+2].[C-]1=CC=CC1.[C-]1=CC=CC1. The second kappa shape index (κ2) is 8.63. The number of allylic oxidation sites excluding steroid dienone is 8. The van der Waals surface area contributed by atoms with E-state index >= 15 is 0 Å². The van der Waals surface area contributed by atoms with Crippen LogP contribution in [-0.4, -0.2) is 48.9 Å². The third kappa shape index (κ3) is 6.91. The van der Waals surface area contributed by atoms with Gasteiger partial charge in [0.05, 0.1) is 0 Å². The summed E-state index contributed by atoms with van der Waals surface area (Å²) in [5, 5.41) is 0. The minimum atomic E-state index is 0. The van der Waals surface area contributed by atoms with Gasteiger partial charge >= 0.3 is 48.9 Å². The van der Waals surface area contributed by atoms with Gasteiger partial charge in [-0.25, -0.2) is 24.3 Å². The van der Waals surface area contributed by atoms with Crippen molar-refractivity contribution in [3.63, 3.8) is 0 Å². The Labute approximate surface area is 109 Å². The molecular formula is C10H10Ba. The fraction of sp³-hybridized carbons (Fsp3) is 0.200. The summed E-state index contributed by atoms with van der Waals surface area (Å²) < 4.78 is 0. The maximum Gasteiger partial charge on any atom is 2.00 e. The maximum absolute atomic E-state index is 2.99. The molecule has 0 aromatic carbocycles. The largest absolute Gasteiger partial charge is 2.00 e. The van der Waals surface area contributed by atoms with Crippen LogP contribution in [0.15, 0.2) is 36.5 Å². The summed E-state index contributed by atoms with van der Waals surface area (Å²) in [5.74, 6) is 0. The molecule has 0 aromatic heterocycles. The Morgan fingerprint density at radius 1 is 0.818 bits per heavy atom. The van der Waals surface area contributed by atoms with Crippen LogP contribution in [0.5, 0.6) is 0 Å². The summed E-state index contributed by atoms with van der Waals surface area (Å²) in [6.45, 7) is 0. The van der Waals surface area contributed by atoms with E-state index in [4.69, 9.17) is 0 Å². The molecule has 0 atom stereocenters. The standard InChI is InChI=1S/2C5H5.Ba/c2*1-2-4-5-3-1;/h2*1-3H,4H2;/q2*-1;+2. The first-order valence-electron chi connectivity index (χ1n) is 3.43. The normalized spacial score (nSPS) is 16.0. The molecule has 0 amide bonds. The molecule has 0 fully saturated rings. The van der Waals surface area contributed by atoms with Crippen molar-refractivity contribution in [2.75, 3.05) is 0 Å². The average Bonchev–Trinajstić information content (AvgIpc) is 2.67. The fourth-order valence-corrected chi connectivity index (χ4v) is 0.680. The molecule has 2 aliphatic carbocycles. The molecule has 1 heteroatoms. The van der Waals surface area contributed by atoms with Crippen molar-refractivity contribution < 1.29 is 0 Å². The van der Waals surface area contributed by atoms with E-state index in [2.05, 4.69) is 24.3 Å². The van der Waals surface area contributed by atoms with Crippen LogP contribution in [0.25, 0.3) is 0 Å². The van der Waals surface area contributed by atoms with Crippen molar-refractivity contribution in [1.82, 2.24) is 0 Å². The van der Waals surface area contributed by atoms with Gasteiger partial charge in [-0.15, -0.1) is 12.8 Å². The fourth-order valence-electron chi connectivity index (χ4n) is 0.680. The second-order valence-electron chi connectivity index (χ2n) is 2.01. The van der Waals surface area contributed by atoms with Gasteiger partial charge in [0.1, 0.15) is 0 Å². The van der Waals surface area contributed by atoms with E-state index in [-0.39, 0.29) is 48.9 Å². The Bertz CT molecular complexity index is 143. The molecule has 0 N–H and O–H groups in total. The zero-order chi connectivity index (χ0) is 7.07. The van der Waals surface area contributed by atoms with E-state index in [1.807, 2.05) is 24.3 Å². The Morgan fingerprint density at radius 3 is 1.36 bits per heavy atom. The molecule has 0 nitrogen and oxygen atoms in total. The maximum atomic E-state index is 2.99. The van der Waals surface area contributed by atoms with Gasteiger partial charge in [-0.1, -0.05) is 0 Å². The van der Waals surface area contributed by atoms with E-state index in [1.165, 1.54) is 0 Å². The van der Waals surface area contributed by atoms with Gasteiger partial charge in [0.2, 0.25) is 0 Å². The summed E-state index contributed by atoms with van der Waals surface area (Å²) >= 11 is 0. The van der Waals surface area contributed by atoms with Crippen LogP contribution in [0.3, 0.4) is 0 Å². The summed E-state index contributed by atoms with van der Waals surface area (Å²) in [6.07, 6.45) is 20.0. The predicted molar refractivity (Wildman–Crippen MR) is 48.9 cm³/mol. The van der Waals surface area contributed by atoms with Crippen molar-refractivity contribution in [3.8, 4) is 0 Å². The molecule has 0 bridgehead atoms. The molecule has 11 heavy (non-hydrogen) atoms. The minimum Gasteiger partial charge on any atom is -0.273 e. The van der Waals surface area contributed by atoms with Crippen LogP contribution in [0.2, 0.25) is 0 Å². The van der Waals surface area contributed by atoms with Crippen LogP contribution < -0.4 is 0 Å². The summed E-state index contributed by atoms with van der Waals surface area (Å²) in [7, 11) is 0. The Balaban J connectivity index is 0.000000167. The van der Waals surface area contributed by atoms with Crippen molar-refractivity contribution in [2.24, 2.45) is 0 Å². The van der Waals surface area contributed by atoms with Crippen molar-refractivity contribution >= 4 is 48.9 Å². The third-order valence-electron chi connectivity index (χ3n) is 1.17. The molecule has 2 aliphatic rings. The molecule has 0 saturated heterocycles. The van der Waals surface area contributed by atoms with Gasteiger partial charge in [0, 0.05) is 0 Å². The molecule has 52 valence electrons. The molecule has 0 radical (unpaired) electrons. The molecule has 0 spiro atoms. The van der Waals surface area contributed by atoms with E-state index in [0.29, 0.717) is 0 Å². The first kappa shape index (κ1) is 11.5. The van der Waals surface area contributed by atoms with Gasteiger partial charge in [-0.3, -0.25) is 12.2 Å². The van der Waals surface area contributed by atoms with Gasteiger partial charge < -0.3 is 0 Å². The van der Waals surface area contributed by atoms with E-state index < -0.39 is 0 Å². The van der Waals surface area contributed by atoms with Crippen molar-refractivity contribution in [2.45, 2.75) is 12.8 Å². The van der Waals surface area contributed by atoms with E-state index in [9.17, 15) is 0 Å². The monoisotopic (exact) mass is 268 g/mol. The molecular weight excluding hydrogens is 257 g/mol. The van der Waals surface area contributed by atoms with Gasteiger partial charge in [-0.05, 0) is 0 Å². The predicted octanol–water partition coefficient (Wildman–Crippen LogP) is 2.23. The molecule has 0 saturated carbocycles. The first-order chi connectivity index (χ1) is 5.00. The van der Waals surface area contributed by atoms with E-state index in [1.54, 1.807) is 0 Å². The average molecular weight is 268 g/mol. The first-order valence-corrected chi connectivity index (χ1v) is 3.43. The van der Waals surface area contributed by atoms with Gasteiger partial charge in [-0.2, -0.15) is 12.2 Å². The third-order valence-corrected chi connectivity index (χ3v) is 1.17. The van der Waals surface area contributed by atoms with Crippen LogP contribution in [0.4, 0.5) is 0 Å². The molecule has 0 aromatic rings. The van der Waals surface area contributed by atoms with E-state index in [0.717, 1.165) is 12.8 Å². The number of rotatable bonds is 0. The Morgan fingerprint density at radius 2 is 1.27 bits per heavy atom. The molecule has 0 heterocycles. The quantitative estimate of drug-likeness (QED) is 0.466. The Hall–Kier alpha value is 0.531. The second-order valence-corrected chi connectivity index (χ2v) is 2.01. The van der Waals surface area contributed by atoms with Crippen LogP contribution >= 0.6 is 0 Å². The summed E-state index contributed by atoms with van der Waals surface area (Å²) in [6, 6.07) is 0. The van der Waals surface area contributed by atoms with Crippen molar-refractivity contribution in [1.29, 1.82) is 0 Å². The number of hydrogen-bond acceptors (Lipinski definition) is 0. The minimum absolute atomic E-state index is 0. The summed E-state index contributed by atoms with van der Waals surface area (Å²) in [4.78, 5) is 0. The van der Waals surface area contributed by atoms with Gasteiger partial charge in [0.15, 0.2) is 0 Å². The zero-order valence-corrected chi connectivity index (χ0v) is 11.0. The van der Waals surface area contributed by atoms with Crippen LogP contribution in [0.1, 0.15) is 12.8 Å². The van der Waals surface area contributed by atoms with Gasteiger partial charge in [0.25, 0.3) is 0 Å². The Kier molecular flexibility index (Phi) is 9.04. The summed E-state index contributed by atoms with van der Waals surface area (Å²) in [5.41, 5.74) is 0. The topological polar surface area (TPSA) is 0 Å². The molecule has 0 unspecified atom stereocenters. The molecule has 2 rings (SSSR count). The molecule has 0 aliphatic heterocycles. The number of hydrogen-bond donors (Lipinski definition) is 0. The van der Waals surface area contributed by atoms with Crippen LogP contribution in [-0.2, 0) is 0 Å². The smallest absolute Gasteiger partial charge is 0.273 e. The van der Waals surface area contributed by atoms with Crippen molar-refractivity contribution in [3.05, 3.63) is 48.6 Å². The van der Waals surface area contributed by atoms with Crippen LogP contribution in [0, 0.1) is 12.2 Å². The zero-order valence-electron chi connectivity index (χ0n) is 6.59.